The SMILES string of the molecule is [N-]=[N+]=NC(CO)c1ccc(Cl)cc1Cl. The van der Waals surface area contributed by atoms with Crippen molar-refractivity contribution in [2.75, 3.05) is 6.61 Å². The van der Waals surface area contributed by atoms with E-state index in [0.29, 0.717) is 15.6 Å². The molecule has 0 saturated heterocycles. The first-order chi connectivity index (χ1) is 6.69. The number of nitrogens with zero attached hydrogens (tertiary/aromatic N) is 3. The van der Waals surface area contributed by atoms with Gasteiger partial charge in [-0.15, -0.1) is 0 Å². The molecule has 1 unspecified atom stereocenters. The summed E-state index contributed by atoms with van der Waals surface area (Å²) >= 11 is 11.6. The Bertz CT molecular complexity index is 377. The molecule has 0 aromatic heterocycles. The van der Waals surface area contributed by atoms with Crippen molar-refractivity contribution in [2.24, 2.45) is 5.11 Å². The lowest BCUT2D eigenvalue weighted by Gasteiger charge is -2.09. The average Bonchev–Trinajstić information content (AvgIpc) is 2.15. The van der Waals surface area contributed by atoms with E-state index in [0.717, 1.165) is 0 Å². The van der Waals surface area contributed by atoms with Crippen LogP contribution in [0.1, 0.15) is 11.6 Å². The van der Waals surface area contributed by atoms with E-state index in [1.807, 2.05) is 0 Å². The molecule has 6 heteroatoms. The number of hydrogen-bond donors (Lipinski definition) is 1. The molecule has 0 spiro atoms. The molecule has 0 aliphatic carbocycles. The number of hydrogen-bond acceptors (Lipinski definition) is 2. The van der Waals surface area contributed by atoms with Gasteiger partial charge in [0, 0.05) is 15.0 Å². The Kier molecular flexibility index (Phi) is 4.04. The number of aliphatic hydroxyl groups excluding tert-OH is 1. The van der Waals surface area contributed by atoms with E-state index < -0.39 is 6.04 Å². The summed E-state index contributed by atoms with van der Waals surface area (Å²) in [4.78, 5) is 2.62. The summed E-state index contributed by atoms with van der Waals surface area (Å²) in [6, 6.07) is 4.12. The zero-order valence-corrected chi connectivity index (χ0v) is 8.57. The Labute approximate surface area is 90.7 Å². The minimum atomic E-state index is -0.662. The van der Waals surface area contributed by atoms with Crippen molar-refractivity contribution in [3.05, 3.63) is 44.3 Å². The predicted molar refractivity (Wildman–Crippen MR) is 55.4 cm³/mol. The number of rotatable bonds is 3. The summed E-state index contributed by atoms with van der Waals surface area (Å²) in [7, 11) is 0. The molecule has 0 radical (unpaired) electrons. The van der Waals surface area contributed by atoms with Crippen LogP contribution < -0.4 is 0 Å². The van der Waals surface area contributed by atoms with Crippen LogP contribution in [0.4, 0.5) is 0 Å². The number of aliphatic hydroxyl groups is 1. The number of benzene rings is 1. The topological polar surface area (TPSA) is 69.0 Å². The number of azide groups is 1. The van der Waals surface area contributed by atoms with Crippen molar-refractivity contribution in [1.82, 2.24) is 0 Å². The largest absolute Gasteiger partial charge is 0.396 e. The normalized spacial score (nSPS) is 11.9. The van der Waals surface area contributed by atoms with Crippen molar-refractivity contribution >= 4 is 23.2 Å². The zero-order valence-electron chi connectivity index (χ0n) is 7.06. The monoisotopic (exact) mass is 231 g/mol. The molecule has 4 nitrogen and oxygen atoms in total. The van der Waals surface area contributed by atoms with Crippen molar-refractivity contribution < 1.29 is 5.11 Å². The van der Waals surface area contributed by atoms with Crippen molar-refractivity contribution in [2.45, 2.75) is 6.04 Å². The maximum atomic E-state index is 8.95. The highest BCUT2D eigenvalue weighted by Gasteiger charge is 2.11. The highest BCUT2D eigenvalue weighted by atomic mass is 35.5. The molecule has 0 amide bonds. The van der Waals surface area contributed by atoms with Crippen LogP contribution in [-0.4, -0.2) is 11.7 Å². The molecular formula is C8H7Cl2N3O. The fourth-order valence-corrected chi connectivity index (χ4v) is 1.57. The second-order valence-corrected chi connectivity index (χ2v) is 3.41. The van der Waals surface area contributed by atoms with Gasteiger partial charge in [0.2, 0.25) is 0 Å². The lowest BCUT2D eigenvalue weighted by molar-refractivity contribution is 0.268. The summed E-state index contributed by atoms with van der Waals surface area (Å²) in [5, 5.41) is 13.2. The Morgan fingerprint density at radius 1 is 1.50 bits per heavy atom. The van der Waals surface area contributed by atoms with Crippen LogP contribution in [0, 0.1) is 0 Å². The van der Waals surface area contributed by atoms with Crippen LogP contribution in [-0.2, 0) is 0 Å². The van der Waals surface area contributed by atoms with E-state index >= 15 is 0 Å². The van der Waals surface area contributed by atoms with Gasteiger partial charge in [-0.2, -0.15) is 0 Å². The minimum absolute atomic E-state index is 0.286. The lowest BCUT2D eigenvalue weighted by Crippen LogP contribution is -2.00. The predicted octanol–water partition coefficient (Wildman–Crippen LogP) is 3.34. The molecule has 74 valence electrons. The highest BCUT2D eigenvalue weighted by molar-refractivity contribution is 6.35. The van der Waals surface area contributed by atoms with E-state index in [4.69, 9.17) is 33.8 Å². The average molecular weight is 232 g/mol. The van der Waals surface area contributed by atoms with E-state index in [9.17, 15) is 0 Å². The smallest absolute Gasteiger partial charge is 0.0870 e. The fraction of sp³-hybridized carbons (Fsp3) is 0.250. The van der Waals surface area contributed by atoms with Gasteiger partial charge in [0.15, 0.2) is 0 Å². The molecule has 1 aromatic rings. The van der Waals surface area contributed by atoms with Crippen molar-refractivity contribution in [3.63, 3.8) is 0 Å². The van der Waals surface area contributed by atoms with Gasteiger partial charge in [0.05, 0.1) is 12.6 Å². The third-order valence-electron chi connectivity index (χ3n) is 1.69. The molecule has 0 bridgehead atoms. The Morgan fingerprint density at radius 3 is 2.71 bits per heavy atom. The fourth-order valence-electron chi connectivity index (χ4n) is 1.03. The third-order valence-corrected chi connectivity index (χ3v) is 2.25. The maximum Gasteiger partial charge on any atom is 0.0870 e. The lowest BCUT2D eigenvalue weighted by atomic mass is 10.1. The summed E-state index contributed by atoms with van der Waals surface area (Å²) in [6.45, 7) is -0.286. The molecule has 0 heterocycles. The van der Waals surface area contributed by atoms with Gasteiger partial charge < -0.3 is 5.11 Å². The van der Waals surface area contributed by atoms with Crippen LogP contribution in [0.3, 0.4) is 0 Å². The third kappa shape index (κ3) is 2.53. The summed E-state index contributed by atoms with van der Waals surface area (Å²) in [6.07, 6.45) is 0. The molecule has 0 saturated carbocycles. The van der Waals surface area contributed by atoms with Crippen LogP contribution in [0.5, 0.6) is 0 Å². The Hall–Kier alpha value is -0.930. The molecule has 1 aromatic carbocycles. The van der Waals surface area contributed by atoms with Crippen LogP contribution in [0.15, 0.2) is 23.3 Å². The van der Waals surface area contributed by atoms with Gasteiger partial charge in [0.25, 0.3) is 0 Å². The van der Waals surface area contributed by atoms with E-state index in [2.05, 4.69) is 10.0 Å². The zero-order chi connectivity index (χ0) is 10.6. The first-order valence-electron chi connectivity index (χ1n) is 3.79. The minimum Gasteiger partial charge on any atom is -0.396 e. The van der Waals surface area contributed by atoms with Gasteiger partial charge in [-0.05, 0) is 23.2 Å². The Morgan fingerprint density at radius 2 is 2.21 bits per heavy atom. The van der Waals surface area contributed by atoms with Gasteiger partial charge in [-0.3, -0.25) is 0 Å². The highest BCUT2D eigenvalue weighted by Crippen LogP contribution is 2.28. The Balaban J connectivity index is 3.10. The molecule has 1 N–H and O–H groups in total. The molecule has 1 rings (SSSR count). The second kappa shape index (κ2) is 5.08. The molecular weight excluding hydrogens is 225 g/mol. The molecule has 0 fully saturated rings. The van der Waals surface area contributed by atoms with Gasteiger partial charge >= 0.3 is 0 Å². The molecule has 14 heavy (non-hydrogen) atoms. The van der Waals surface area contributed by atoms with Crippen molar-refractivity contribution in [1.29, 1.82) is 0 Å². The van der Waals surface area contributed by atoms with E-state index in [1.54, 1.807) is 12.1 Å². The standard InChI is InChI=1S/C8H7Cl2N3O/c9-5-1-2-6(7(10)3-5)8(4-14)12-13-11/h1-3,8,14H,4H2. The molecule has 1 atom stereocenters. The number of halogens is 2. The summed E-state index contributed by atoms with van der Waals surface area (Å²) in [5.74, 6) is 0. The van der Waals surface area contributed by atoms with Crippen LogP contribution in [0.25, 0.3) is 10.4 Å². The van der Waals surface area contributed by atoms with Gasteiger partial charge in [0.1, 0.15) is 0 Å². The first-order valence-corrected chi connectivity index (χ1v) is 4.54. The second-order valence-electron chi connectivity index (χ2n) is 2.57. The maximum absolute atomic E-state index is 8.95. The summed E-state index contributed by atoms with van der Waals surface area (Å²) < 4.78 is 0. The van der Waals surface area contributed by atoms with E-state index in [1.165, 1.54) is 6.07 Å². The van der Waals surface area contributed by atoms with Crippen LogP contribution in [0.2, 0.25) is 10.0 Å². The van der Waals surface area contributed by atoms with E-state index in [-0.39, 0.29) is 6.61 Å². The van der Waals surface area contributed by atoms with Gasteiger partial charge in [-0.1, -0.05) is 34.4 Å². The van der Waals surface area contributed by atoms with Gasteiger partial charge in [-0.25, -0.2) is 0 Å². The van der Waals surface area contributed by atoms with Crippen LogP contribution >= 0.6 is 23.2 Å². The van der Waals surface area contributed by atoms with Crippen molar-refractivity contribution in [3.8, 4) is 0 Å². The quantitative estimate of drug-likeness (QED) is 0.484. The summed E-state index contributed by atoms with van der Waals surface area (Å²) in [5.41, 5.74) is 8.82. The molecule has 0 aliphatic heterocycles. The molecule has 0 aliphatic rings. The first kappa shape index (κ1) is 11.1.